The van der Waals surface area contributed by atoms with Crippen LogP contribution in [0.15, 0.2) is 0 Å². The molecule has 1 rings (SSSR count). The number of alkyl halides is 1. The molecule has 1 fully saturated rings. The predicted molar refractivity (Wildman–Crippen MR) is 70.0 cm³/mol. The molecule has 3 atom stereocenters. The minimum atomic E-state index is -0.750. The van der Waals surface area contributed by atoms with Crippen molar-refractivity contribution in [3.05, 3.63) is 0 Å². The van der Waals surface area contributed by atoms with Crippen molar-refractivity contribution in [3.63, 3.8) is 0 Å². The van der Waals surface area contributed by atoms with E-state index in [9.17, 15) is 5.11 Å². The first kappa shape index (κ1) is 13.7. The van der Waals surface area contributed by atoms with Gasteiger partial charge >= 0.3 is 0 Å². The molecule has 1 heterocycles. The number of nitrogens with zero attached hydrogens (tertiary/aromatic N) is 1. The zero-order valence-corrected chi connectivity index (χ0v) is 12.2. The number of rotatable bonds is 3. The van der Waals surface area contributed by atoms with E-state index >= 15 is 0 Å². The summed E-state index contributed by atoms with van der Waals surface area (Å²) in [6.45, 7) is 10.0. The van der Waals surface area contributed by atoms with Crippen molar-refractivity contribution in [2.75, 3.05) is 17.5 Å². The van der Waals surface area contributed by atoms with Crippen LogP contribution in [-0.2, 0) is 4.74 Å². The summed E-state index contributed by atoms with van der Waals surface area (Å²) in [7, 11) is 0. The Kier molecular flexibility index (Phi) is 4.83. The van der Waals surface area contributed by atoms with Gasteiger partial charge in [-0.1, -0.05) is 29.5 Å². The van der Waals surface area contributed by atoms with Crippen molar-refractivity contribution < 1.29 is 9.84 Å². The van der Waals surface area contributed by atoms with E-state index in [1.165, 1.54) is 0 Å². The Morgan fingerprint density at radius 3 is 2.47 bits per heavy atom. The number of hydrogen-bond acceptors (Lipinski definition) is 3. The molecule has 4 heteroatoms. The summed E-state index contributed by atoms with van der Waals surface area (Å²) < 4.78 is 6.69. The van der Waals surface area contributed by atoms with Gasteiger partial charge in [0.2, 0.25) is 6.41 Å². The first-order valence-corrected chi connectivity index (χ1v) is 7.02. The van der Waals surface area contributed by atoms with Crippen molar-refractivity contribution in [2.24, 2.45) is 11.8 Å². The third kappa shape index (κ3) is 4.17. The van der Waals surface area contributed by atoms with E-state index < -0.39 is 6.41 Å². The number of halogens is 1. The minimum absolute atomic E-state index is 0.287. The second-order valence-corrected chi connectivity index (χ2v) is 6.28. The Balaban J connectivity index is 2.46. The van der Waals surface area contributed by atoms with Crippen LogP contribution in [0.25, 0.3) is 0 Å². The monoisotopic (exact) mass is 327 g/mol. The lowest BCUT2D eigenvalue weighted by Crippen LogP contribution is -2.40. The van der Waals surface area contributed by atoms with E-state index in [0.29, 0.717) is 11.8 Å². The molecule has 1 aliphatic heterocycles. The maximum atomic E-state index is 9.92. The normalized spacial score (nSPS) is 30.8. The van der Waals surface area contributed by atoms with Gasteiger partial charge < -0.3 is 9.84 Å². The quantitative estimate of drug-likeness (QED) is 0.489. The Morgan fingerprint density at radius 1 is 1.47 bits per heavy atom. The number of hydrogen-bond donors (Lipinski definition) is 1. The molecule has 1 unspecified atom stereocenters. The van der Waals surface area contributed by atoms with Gasteiger partial charge in [-0.15, -0.1) is 0 Å². The number of aliphatic hydroxyl groups is 1. The molecule has 15 heavy (non-hydrogen) atoms. The van der Waals surface area contributed by atoms with Crippen molar-refractivity contribution in [1.82, 2.24) is 4.90 Å². The smallest absolute Gasteiger partial charge is 0.216 e. The zero-order chi connectivity index (χ0) is 11.6. The fraction of sp³-hybridized carbons (Fsp3) is 1.00. The maximum Gasteiger partial charge on any atom is 0.216 e. The predicted octanol–water partition coefficient (Wildman–Crippen LogP) is 2.08. The van der Waals surface area contributed by atoms with Gasteiger partial charge in [0.15, 0.2) is 0 Å². The average Bonchev–Trinajstić information content (AvgIpc) is 2.43. The number of likely N-dealkylation sites (tertiary alicyclic amines) is 1. The first-order valence-electron chi connectivity index (χ1n) is 5.49. The Morgan fingerprint density at radius 2 is 2.07 bits per heavy atom. The van der Waals surface area contributed by atoms with E-state index in [2.05, 4.69) is 29.5 Å². The lowest BCUT2D eigenvalue weighted by Gasteiger charge is -2.29. The zero-order valence-electron chi connectivity index (χ0n) is 10.0. The maximum absolute atomic E-state index is 9.92. The molecule has 0 saturated carbocycles. The lowest BCUT2D eigenvalue weighted by molar-refractivity contribution is -0.234. The van der Waals surface area contributed by atoms with Crippen molar-refractivity contribution in [1.29, 1.82) is 0 Å². The molecule has 90 valence electrons. The number of ether oxygens (including phenoxy) is 1. The number of aliphatic hydroxyl groups excluding tert-OH is 1. The van der Waals surface area contributed by atoms with Crippen molar-refractivity contribution >= 4 is 22.6 Å². The molecule has 1 N–H and O–H groups in total. The molecule has 0 amide bonds. The van der Waals surface area contributed by atoms with E-state index in [-0.39, 0.29) is 5.60 Å². The highest BCUT2D eigenvalue weighted by molar-refractivity contribution is 14.1. The van der Waals surface area contributed by atoms with Gasteiger partial charge in [0, 0.05) is 17.5 Å². The standard InChI is InChI=1S/C11H22INO2/c1-8-6-13(7-9(8)5-12)10(14)15-11(2,3)4/h8-10,14H,5-7H2,1-4H3/t8-,9-,10?/m0/s1. The molecule has 1 aliphatic rings. The first-order chi connectivity index (χ1) is 6.83. The van der Waals surface area contributed by atoms with Gasteiger partial charge in [-0.05, 0) is 32.6 Å². The third-order valence-electron chi connectivity index (χ3n) is 2.77. The minimum Gasteiger partial charge on any atom is -0.356 e. The lowest BCUT2D eigenvalue weighted by atomic mass is 10.0. The highest BCUT2D eigenvalue weighted by Gasteiger charge is 2.34. The molecule has 0 spiro atoms. The van der Waals surface area contributed by atoms with Crippen LogP contribution in [0.4, 0.5) is 0 Å². The highest BCUT2D eigenvalue weighted by Crippen LogP contribution is 2.27. The largest absolute Gasteiger partial charge is 0.356 e. The highest BCUT2D eigenvalue weighted by atomic mass is 127. The SMILES string of the molecule is C[C@H]1CN(C(O)OC(C)(C)C)C[C@@H]1CI. The molecule has 0 bridgehead atoms. The summed E-state index contributed by atoms with van der Waals surface area (Å²) in [5.74, 6) is 1.34. The molecular weight excluding hydrogens is 305 g/mol. The molecule has 0 aromatic carbocycles. The molecular formula is C11H22INO2. The van der Waals surface area contributed by atoms with Crippen LogP contribution in [-0.4, -0.2) is 39.5 Å². The summed E-state index contributed by atoms with van der Waals surface area (Å²) in [6, 6.07) is 0. The summed E-state index contributed by atoms with van der Waals surface area (Å²) in [6.07, 6.45) is -0.750. The van der Waals surface area contributed by atoms with Crippen LogP contribution < -0.4 is 0 Å². The van der Waals surface area contributed by atoms with Crippen molar-refractivity contribution in [3.8, 4) is 0 Å². The second kappa shape index (κ2) is 5.29. The topological polar surface area (TPSA) is 32.7 Å². The molecule has 3 nitrogen and oxygen atoms in total. The molecule has 1 saturated heterocycles. The summed E-state index contributed by atoms with van der Waals surface area (Å²) in [5, 5.41) is 9.92. The van der Waals surface area contributed by atoms with Crippen LogP contribution in [0, 0.1) is 11.8 Å². The molecule has 0 radical (unpaired) electrons. The van der Waals surface area contributed by atoms with Crippen LogP contribution in [0.3, 0.4) is 0 Å². The molecule has 0 aromatic heterocycles. The van der Waals surface area contributed by atoms with Gasteiger partial charge in [-0.25, -0.2) is 0 Å². The third-order valence-corrected chi connectivity index (χ3v) is 3.90. The van der Waals surface area contributed by atoms with Crippen LogP contribution in [0.2, 0.25) is 0 Å². The fourth-order valence-corrected chi connectivity index (χ4v) is 2.99. The Bertz CT molecular complexity index is 205. The van der Waals surface area contributed by atoms with E-state index in [4.69, 9.17) is 4.74 Å². The van der Waals surface area contributed by atoms with Gasteiger partial charge in [0.25, 0.3) is 0 Å². The van der Waals surface area contributed by atoms with Crippen LogP contribution in [0.1, 0.15) is 27.7 Å². The van der Waals surface area contributed by atoms with E-state index in [1.807, 2.05) is 25.7 Å². The molecule has 0 aromatic rings. The summed E-state index contributed by atoms with van der Waals surface area (Å²) >= 11 is 2.42. The van der Waals surface area contributed by atoms with Gasteiger partial charge in [0.1, 0.15) is 0 Å². The van der Waals surface area contributed by atoms with E-state index in [0.717, 1.165) is 17.5 Å². The van der Waals surface area contributed by atoms with Gasteiger partial charge in [0.05, 0.1) is 5.60 Å². The fourth-order valence-electron chi connectivity index (χ4n) is 1.85. The van der Waals surface area contributed by atoms with Crippen LogP contribution in [0.5, 0.6) is 0 Å². The van der Waals surface area contributed by atoms with E-state index in [1.54, 1.807) is 0 Å². The Hall–Kier alpha value is 0.610. The summed E-state index contributed by atoms with van der Waals surface area (Å²) in [5.41, 5.74) is -0.287. The molecule has 0 aliphatic carbocycles. The van der Waals surface area contributed by atoms with Crippen molar-refractivity contribution in [2.45, 2.75) is 39.7 Å². The second-order valence-electron chi connectivity index (χ2n) is 5.40. The Labute approximate surface area is 106 Å². The van der Waals surface area contributed by atoms with Crippen LogP contribution >= 0.6 is 22.6 Å². The summed E-state index contributed by atoms with van der Waals surface area (Å²) in [4.78, 5) is 2.03. The van der Waals surface area contributed by atoms with Gasteiger partial charge in [-0.3, -0.25) is 4.90 Å². The van der Waals surface area contributed by atoms with Gasteiger partial charge in [-0.2, -0.15) is 0 Å². The average molecular weight is 327 g/mol.